The SMILES string of the molecule is COC(=O)NCCCc1cc([C@@H](C)N(C(=O)[C@H]2CCCCO2)C2CC2)cc2ncccc12. The minimum Gasteiger partial charge on any atom is -0.453 e. The summed E-state index contributed by atoms with van der Waals surface area (Å²) in [6.07, 6.45) is 7.68. The van der Waals surface area contributed by atoms with Crippen molar-refractivity contribution in [2.24, 2.45) is 0 Å². The number of nitrogens with one attached hydrogen (secondary N) is 1. The predicted octanol–water partition coefficient (Wildman–Crippen LogP) is 4.14. The molecule has 0 spiro atoms. The van der Waals surface area contributed by atoms with Crippen LogP contribution in [-0.4, -0.2) is 54.3 Å². The van der Waals surface area contributed by atoms with Crippen LogP contribution in [0.15, 0.2) is 30.5 Å². The number of amides is 2. The van der Waals surface area contributed by atoms with Gasteiger partial charge in [0.25, 0.3) is 5.91 Å². The van der Waals surface area contributed by atoms with E-state index in [1.165, 1.54) is 12.7 Å². The molecule has 1 saturated heterocycles. The topological polar surface area (TPSA) is 80.8 Å². The fraction of sp³-hybridized carbons (Fsp3) is 0.560. The summed E-state index contributed by atoms with van der Waals surface area (Å²) in [4.78, 5) is 31.4. The van der Waals surface area contributed by atoms with E-state index in [-0.39, 0.29) is 18.1 Å². The van der Waals surface area contributed by atoms with Crippen molar-refractivity contribution in [3.63, 3.8) is 0 Å². The van der Waals surface area contributed by atoms with E-state index < -0.39 is 6.09 Å². The first kappa shape index (κ1) is 22.5. The zero-order valence-electron chi connectivity index (χ0n) is 19.0. The van der Waals surface area contributed by atoms with Gasteiger partial charge >= 0.3 is 6.09 Å². The molecule has 1 aliphatic carbocycles. The first-order valence-electron chi connectivity index (χ1n) is 11.7. The number of aromatic nitrogens is 1. The number of hydrogen-bond acceptors (Lipinski definition) is 5. The Labute approximate surface area is 189 Å². The lowest BCUT2D eigenvalue weighted by atomic mass is 9.96. The Morgan fingerprint density at radius 2 is 2.12 bits per heavy atom. The molecular weight excluding hydrogens is 406 g/mol. The molecule has 0 bridgehead atoms. The van der Waals surface area contributed by atoms with E-state index in [1.54, 1.807) is 6.20 Å². The van der Waals surface area contributed by atoms with Crippen molar-refractivity contribution in [1.82, 2.24) is 15.2 Å². The quantitative estimate of drug-likeness (QED) is 0.625. The highest BCUT2D eigenvalue weighted by molar-refractivity contribution is 5.84. The summed E-state index contributed by atoms with van der Waals surface area (Å²) in [6, 6.07) is 8.60. The van der Waals surface area contributed by atoms with Gasteiger partial charge < -0.3 is 19.7 Å². The number of carbonyl (C=O) groups excluding carboxylic acids is 2. The summed E-state index contributed by atoms with van der Waals surface area (Å²) in [5, 5.41) is 3.85. The zero-order chi connectivity index (χ0) is 22.5. The van der Waals surface area contributed by atoms with Crippen LogP contribution in [0.3, 0.4) is 0 Å². The average molecular weight is 440 g/mol. The summed E-state index contributed by atoms with van der Waals surface area (Å²) in [6.45, 7) is 3.33. The van der Waals surface area contributed by atoms with Gasteiger partial charge in [-0.2, -0.15) is 0 Å². The number of aryl methyl sites for hydroxylation is 1. The third-order valence-corrected chi connectivity index (χ3v) is 6.46. The first-order chi connectivity index (χ1) is 15.6. The average Bonchev–Trinajstić information content (AvgIpc) is 3.67. The second kappa shape index (κ2) is 10.3. The molecule has 0 unspecified atom stereocenters. The third kappa shape index (κ3) is 5.21. The van der Waals surface area contributed by atoms with Crippen molar-refractivity contribution >= 4 is 22.9 Å². The molecular formula is C25H33N3O4. The molecule has 7 nitrogen and oxygen atoms in total. The number of rotatable bonds is 8. The van der Waals surface area contributed by atoms with Crippen molar-refractivity contribution in [1.29, 1.82) is 0 Å². The number of fused-ring (bicyclic) bond motifs is 1. The summed E-state index contributed by atoms with van der Waals surface area (Å²) in [5.74, 6) is 0.129. The molecule has 1 aliphatic heterocycles. The maximum Gasteiger partial charge on any atom is 0.406 e. The van der Waals surface area contributed by atoms with Crippen LogP contribution >= 0.6 is 0 Å². The van der Waals surface area contributed by atoms with E-state index in [1.807, 2.05) is 6.07 Å². The molecule has 1 saturated carbocycles. The monoisotopic (exact) mass is 439 g/mol. The van der Waals surface area contributed by atoms with E-state index in [4.69, 9.17) is 4.74 Å². The highest BCUT2D eigenvalue weighted by Gasteiger charge is 2.40. The second-order valence-corrected chi connectivity index (χ2v) is 8.78. The van der Waals surface area contributed by atoms with Crippen LogP contribution < -0.4 is 5.32 Å². The number of benzene rings is 1. The van der Waals surface area contributed by atoms with Crippen molar-refractivity contribution in [2.75, 3.05) is 20.3 Å². The van der Waals surface area contributed by atoms with Crippen molar-refractivity contribution in [3.8, 4) is 0 Å². The summed E-state index contributed by atoms with van der Waals surface area (Å²) in [5.41, 5.74) is 3.22. The van der Waals surface area contributed by atoms with E-state index in [2.05, 4.69) is 45.1 Å². The highest BCUT2D eigenvalue weighted by Crippen LogP contribution is 2.37. The Morgan fingerprint density at radius 1 is 1.28 bits per heavy atom. The molecule has 2 amide bonds. The molecule has 2 atom stereocenters. The molecule has 1 N–H and O–H groups in total. The molecule has 4 rings (SSSR count). The van der Waals surface area contributed by atoms with Crippen LogP contribution in [0.1, 0.15) is 62.6 Å². The lowest BCUT2D eigenvalue weighted by Gasteiger charge is -2.34. The van der Waals surface area contributed by atoms with Gasteiger partial charge in [0.1, 0.15) is 6.10 Å². The van der Waals surface area contributed by atoms with Crippen LogP contribution in [0.25, 0.3) is 10.9 Å². The Kier molecular flexibility index (Phi) is 7.25. The van der Waals surface area contributed by atoms with Gasteiger partial charge in [0, 0.05) is 30.8 Å². The fourth-order valence-corrected chi connectivity index (χ4v) is 4.57. The van der Waals surface area contributed by atoms with Gasteiger partial charge in [0.2, 0.25) is 0 Å². The Bertz CT molecular complexity index is 953. The number of carbonyl (C=O) groups is 2. The predicted molar refractivity (Wildman–Crippen MR) is 122 cm³/mol. The van der Waals surface area contributed by atoms with Crippen LogP contribution in [0.2, 0.25) is 0 Å². The van der Waals surface area contributed by atoms with Crippen LogP contribution in [0.4, 0.5) is 4.79 Å². The molecule has 32 heavy (non-hydrogen) atoms. The molecule has 2 aliphatic rings. The molecule has 2 fully saturated rings. The van der Waals surface area contributed by atoms with E-state index in [9.17, 15) is 9.59 Å². The second-order valence-electron chi connectivity index (χ2n) is 8.78. The van der Waals surface area contributed by atoms with Gasteiger partial charge in [0.05, 0.1) is 18.7 Å². The minimum absolute atomic E-state index is 0.0427. The van der Waals surface area contributed by atoms with Crippen LogP contribution in [0, 0.1) is 0 Å². The summed E-state index contributed by atoms with van der Waals surface area (Å²) in [7, 11) is 1.37. The molecule has 2 heterocycles. The van der Waals surface area contributed by atoms with E-state index in [0.29, 0.717) is 19.2 Å². The fourth-order valence-electron chi connectivity index (χ4n) is 4.57. The standard InChI is InChI=1S/C25H33N3O4/c1-17(28(20-10-11-20)24(29)23-9-3-4-14-32-23)19-15-18(7-5-13-27-25(30)31-2)21-8-6-12-26-22(21)16-19/h6,8,12,15-17,20,23H,3-5,7,9-11,13-14H2,1-2H3,(H,27,30)/t17-,23-/m1/s1. The Hall–Kier alpha value is -2.67. The maximum atomic E-state index is 13.4. The molecule has 1 aromatic heterocycles. The van der Waals surface area contributed by atoms with Crippen molar-refractivity contribution in [2.45, 2.75) is 70.1 Å². The van der Waals surface area contributed by atoms with Crippen LogP contribution in [-0.2, 0) is 20.7 Å². The molecule has 1 aromatic carbocycles. The van der Waals surface area contributed by atoms with Crippen LogP contribution in [0.5, 0.6) is 0 Å². The van der Waals surface area contributed by atoms with Crippen molar-refractivity contribution < 1.29 is 19.1 Å². The summed E-state index contributed by atoms with van der Waals surface area (Å²) < 4.78 is 10.5. The van der Waals surface area contributed by atoms with Gasteiger partial charge in [-0.05, 0) is 75.1 Å². The normalized spacial score (nSPS) is 19.4. The first-order valence-corrected chi connectivity index (χ1v) is 11.7. The largest absolute Gasteiger partial charge is 0.453 e. The highest BCUT2D eigenvalue weighted by atomic mass is 16.5. The maximum absolute atomic E-state index is 13.4. The summed E-state index contributed by atoms with van der Waals surface area (Å²) >= 11 is 0. The van der Waals surface area contributed by atoms with Gasteiger partial charge in [-0.25, -0.2) is 4.79 Å². The number of ether oxygens (including phenoxy) is 2. The Morgan fingerprint density at radius 3 is 2.84 bits per heavy atom. The third-order valence-electron chi connectivity index (χ3n) is 6.46. The lowest BCUT2D eigenvalue weighted by molar-refractivity contribution is -0.149. The van der Waals surface area contributed by atoms with E-state index in [0.717, 1.165) is 61.4 Å². The molecule has 172 valence electrons. The van der Waals surface area contributed by atoms with Gasteiger partial charge in [0.15, 0.2) is 0 Å². The Balaban J connectivity index is 1.56. The number of alkyl carbamates (subject to hydrolysis) is 1. The van der Waals surface area contributed by atoms with Gasteiger partial charge in [-0.3, -0.25) is 9.78 Å². The minimum atomic E-state index is -0.414. The number of hydrogen-bond donors (Lipinski definition) is 1. The number of nitrogens with zero attached hydrogens (tertiary/aromatic N) is 2. The molecule has 7 heteroatoms. The van der Waals surface area contributed by atoms with Crippen molar-refractivity contribution in [3.05, 3.63) is 41.6 Å². The number of methoxy groups -OCH3 is 1. The molecule has 0 radical (unpaired) electrons. The lowest BCUT2D eigenvalue weighted by Crippen LogP contribution is -2.44. The zero-order valence-corrected chi connectivity index (χ0v) is 19.0. The number of pyridine rings is 1. The van der Waals surface area contributed by atoms with Gasteiger partial charge in [-0.15, -0.1) is 0 Å². The smallest absolute Gasteiger partial charge is 0.406 e. The van der Waals surface area contributed by atoms with Gasteiger partial charge in [-0.1, -0.05) is 12.1 Å². The van der Waals surface area contributed by atoms with E-state index >= 15 is 0 Å². The molecule has 2 aromatic rings.